The molecule has 0 amide bonds. The summed E-state index contributed by atoms with van der Waals surface area (Å²) in [7, 11) is 0. The lowest BCUT2D eigenvalue weighted by molar-refractivity contribution is 0.934. The lowest BCUT2D eigenvalue weighted by Gasteiger charge is -2.02. The first-order valence-electron chi connectivity index (χ1n) is 4.19. The maximum atomic E-state index is 8.82. The fourth-order valence-corrected chi connectivity index (χ4v) is 1.25. The van der Waals surface area contributed by atoms with Crippen molar-refractivity contribution in [2.45, 2.75) is 6.92 Å². The molecule has 2 rings (SSSR count). The lowest BCUT2D eigenvalue weighted by atomic mass is 10.4. The van der Waals surface area contributed by atoms with Crippen molar-refractivity contribution in [1.29, 1.82) is 5.26 Å². The van der Waals surface area contributed by atoms with Gasteiger partial charge >= 0.3 is 0 Å². The van der Waals surface area contributed by atoms with Crippen molar-refractivity contribution in [3.63, 3.8) is 0 Å². The Bertz CT molecular complexity index is 493. The van der Waals surface area contributed by atoms with Gasteiger partial charge in [0, 0.05) is 12.4 Å². The molecule has 0 aliphatic heterocycles. The average molecular weight is 184 g/mol. The third kappa shape index (κ3) is 1.36. The highest BCUT2D eigenvalue weighted by Gasteiger charge is 2.02. The highest BCUT2D eigenvalue weighted by Crippen LogP contribution is 2.08. The van der Waals surface area contributed by atoms with Crippen molar-refractivity contribution in [1.82, 2.24) is 14.5 Å². The van der Waals surface area contributed by atoms with E-state index in [0.29, 0.717) is 11.5 Å². The van der Waals surface area contributed by atoms with Crippen LogP contribution in [0.3, 0.4) is 0 Å². The Labute approximate surface area is 81.5 Å². The van der Waals surface area contributed by atoms with E-state index in [0.717, 1.165) is 5.82 Å². The summed E-state index contributed by atoms with van der Waals surface area (Å²) >= 11 is 0. The maximum absolute atomic E-state index is 8.82. The van der Waals surface area contributed by atoms with E-state index in [-0.39, 0.29) is 0 Å². The van der Waals surface area contributed by atoms with E-state index >= 15 is 0 Å². The van der Waals surface area contributed by atoms with Crippen LogP contribution < -0.4 is 0 Å². The van der Waals surface area contributed by atoms with Crippen molar-refractivity contribution in [3.8, 4) is 11.9 Å². The third-order valence-corrected chi connectivity index (χ3v) is 1.87. The van der Waals surface area contributed by atoms with Gasteiger partial charge in [0.15, 0.2) is 0 Å². The van der Waals surface area contributed by atoms with Gasteiger partial charge in [0.1, 0.15) is 23.4 Å². The SMILES string of the molecule is Cc1nccc(-n2cccc2C#N)n1. The van der Waals surface area contributed by atoms with Crippen LogP contribution >= 0.6 is 0 Å². The van der Waals surface area contributed by atoms with Crippen LogP contribution in [0.2, 0.25) is 0 Å². The molecule has 0 bridgehead atoms. The highest BCUT2D eigenvalue weighted by molar-refractivity contribution is 5.33. The summed E-state index contributed by atoms with van der Waals surface area (Å²) < 4.78 is 1.73. The van der Waals surface area contributed by atoms with Crippen LogP contribution in [-0.4, -0.2) is 14.5 Å². The second-order valence-corrected chi connectivity index (χ2v) is 2.84. The Morgan fingerprint density at radius 2 is 2.29 bits per heavy atom. The predicted molar refractivity (Wildman–Crippen MR) is 50.8 cm³/mol. The van der Waals surface area contributed by atoms with Crippen molar-refractivity contribution >= 4 is 0 Å². The van der Waals surface area contributed by atoms with E-state index in [2.05, 4.69) is 16.0 Å². The lowest BCUT2D eigenvalue weighted by Crippen LogP contribution is -2.00. The standard InChI is InChI=1S/C10H8N4/c1-8-12-5-4-10(13-8)14-6-2-3-9(14)7-11/h2-6H,1H3. The zero-order valence-electron chi connectivity index (χ0n) is 7.68. The van der Waals surface area contributed by atoms with E-state index in [1.54, 1.807) is 29.1 Å². The second-order valence-electron chi connectivity index (χ2n) is 2.84. The molecule has 4 heteroatoms. The summed E-state index contributed by atoms with van der Waals surface area (Å²) in [6.07, 6.45) is 3.49. The molecule has 0 atom stereocenters. The smallest absolute Gasteiger partial charge is 0.141 e. The summed E-state index contributed by atoms with van der Waals surface area (Å²) in [4.78, 5) is 8.22. The molecule has 4 nitrogen and oxygen atoms in total. The van der Waals surface area contributed by atoms with Gasteiger partial charge in [-0.25, -0.2) is 9.97 Å². The molecule has 68 valence electrons. The highest BCUT2D eigenvalue weighted by atomic mass is 15.1. The van der Waals surface area contributed by atoms with Gasteiger partial charge in [-0.3, -0.25) is 4.57 Å². The molecule has 0 radical (unpaired) electrons. The first-order valence-corrected chi connectivity index (χ1v) is 4.19. The Hall–Kier alpha value is -2.15. The fraction of sp³-hybridized carbons (Fsp3) is 0.100. The van der Waals surface area contributed by atoms with Gasteiger partial charge in [-0.05, 0) is 25.1 Å². The van der Waals surface area contributed by atoms with Crippen LogP contribution in [0.5, 0.6) is 0 Å². The summed E-state index contributed by atoms with van der Waals surface area (Å²) in [5.74, 6) is 1.42. The average Bonchev–Trinajstić information content (AvgIpc) is 2.65. The summed E-state index contributed by atoms with van der Waals surface area (Å²) in [6, 6.07) is 7.43. The number of aromatic nitrogens is 3. The molecule has 0 aromatic carbocycles. The van der Waals surface area contributed by atoms with Crippen LogP contribution in [0.1, 0.15) is 11.5 Å². The number of aryl methyl sites for hydroxylation is 1. The molecule has 0 fully saturated rings. The fourth-order valence-electron chi connectivity index (χ4n) is 1.25. The molecule has 0 aliphatic carbocycles. The normalized spacial score (nSPS) is 9.71. The predicted octanol–water partition coefficient (Wildman–Crippen LogP) is 1.45. The molecule has 2 heterocycles. The maximum Gasteiger partial charge on any atom is 0.141 e. The van der Waals surface area contributed by atoms with E-state index in [9.17, 15) is 0 Å². The van der Waals surface area contributed by atoms with Gasteiger partial charge in [0.2, 0.25) is 0 Å². The van der Waals surface area contributed by atoms with Crippen molar-refractivity contribution < 1.29 is 0 Å². The number of nitriles is 1. The van der Waals surface area contributed by atoms with Crippen molar-refractivity contribution in [2.75, 3.05) is 0 Å². The molecule has 0 saturated heterocycles. The van der Waals surface area contributed by atoms with Gasteiger partial charge < -0.3 is 0 Å². The first-order chi connectivity index (χ1) is 6.81. The van der Waals surface area contributed by atoms with Crippen LogP contribution in [0, 0.1) is 18.3 Å². The van der Waals surface area contributed by atoms with E-state index in [4.69, 9.17) is 5.26 Å². The van der Waals surface area contributed by atoms with Crippen LogP contribution in [0.25, 0.3) is 5.82 Å². The monoisotopic (exact) mass is 184 g/mol. The number of nitrogens with zero attached hydrogens (tertiary/aromatic N) is 4. The molecular weight excluding hydrogens is 176 g/mol. The Morgan fingerprint density at radius 3 is 3.00 bits per heavy atom. The largest absolute Gasteiger partial charge is 0.292 e. The molecule has 0 aliphatic rings. The van der Waals surface area contributed by atoms with Gasteiger partial charge in [0.25, 0.3) is 0 Å². The van der Waals surface area contributed by atoms with E-state index < -0.39 is 0 Å². The molecule has 2 aromatic rings. The molecule has 0 unspecified atom stereocenters. The van der Waals surface area contributed by atoms with Crippen LogP contribution in [-0.2, 0) is 0 Å². The zero-order valence-corrected chi connectivity index (χ0v) is 7.68. The molecular formula is C10H8N4. The van der Waals surface area contributed by atoms with Crippen molar-refractivity contribution in [3.05, 3.63) is 42.1 Å². The Kier molecular flexibility index (Phi) is 1.99. The number of rotatable bonds is 1. The summed E-state index contributed by atoms with van der Waals surface area (Å²) in [6.45, 7) is 1.82. The van der Waals surface area contributed by atoms with Crippen LogP contribution in [0.4, 0.5) is 0 Å². The molecule has 2 aromatic heterocycles. The number of hydrogen-bond donors (Lipinski definition) is 0. The topological polar surface area (TPSA) is 54.5 Å². The van der Waals surface area contributed by atoms with E-state index in [1.165, 1.54) is 0 Å². The van der Waals surface area contributed by atoms with Gasteiger partial charge in [-0.1, -0.05) is 0 Å². The number of hydrogen-bond acceptors (Lipinski definition) is 3. The van der Waals surface area contributed by atoms with Gasteiger partial charge in [-0.2, -0.15) is 5.26 Å². The first kappa shape index (κ1) is 8.45. The molecule has 0 spiro atoms. The van der Waals surface area contributed by atoms with E-state index in [1.807, 2.05) is 13.0 Å². The molecule has 14 heavy (non-hydrogen) atoms. The zero-order chi connectivity index (χ0) is 9.97. The van der Waals surface area contributed by atoms with Crippen LogP contribution in [0.15, 0.2) is 30.6 Å². The minimum Gasteiger partial charge on any atom is -0.292 e. The quantitative estimate of drug-likeness (QED) is 0.674. The Balaban J connectivity index is 2.56. The minimum atomic E-state index is 0.572. The summed E-state index contributed by atoms with van der Waals surface area (Å²) in [5, 5.41) is 8.82. The van der Waals surface area contributed by atoms with Crippen molar-refractivity contribution in [2.24, 2.45) is 0 Å². The summed E-state index contributed by atoms with van der Waals surface area (Å²) in [5.41, 5.74) is 0.572. The third-order valence-electron chi connectivity index (χ3n) is 1.87. The minimum absolute atomic E-state index is 0.572. The van der Waals surface area contributed by atoms with Gasteiger partial charge in [-0.15, -0.1) is 0 Å². The second kappa shape index (κ2) is 3.30. The molecule has 0 saturated carbocycles. The Morgan fingerprint density at radius 1 is 1.43 bits per heavy atom. The molecule has 0 N–H and O–H groups in total. The van der Waals surface area contributed by atoms with Gasteiger partial charge in [0.05, 0.1) is 0 Å².